The van der Waals surface area contributed by atoms with Crippen LogP contribution in [0.2, 0.25) is 0 Å². The van der Waals surface area contributed by atoms with E-state index >= 15 is 0 Å². The average molecular weight is 465 g/mol. The van der Waals surface area contributed by atoms with Gasteiger partial charge in [0, 0.05) is 18.9 Å². The Labute approximate surface area is 199 Å². The Kier molecular flexibility index (Phi) is 7.50. The van der Waals surface area contributed by atoms with Crippen molar-refractivity contribution >= 4 is 18.0 Å². The minimum atomic E-state index is -0.995. The number of carbonyl (C=O) groups is 3. The van der Waals surface area contributed by atoms with Crippen molar-refractivity contribution in [2.45, 2.75) is 51.0 Å². The molecule has 2 unspecified atom stereocenters. The van der Waals surface area contributed by atoms with Crippen molar-refractivity contribution in [2.75, 3.05) is 13.2 Å². The zero-order valence-electron chi connectivity index (χ0n) is 19.5. The fourth-order valence-corrected chi connectivity index (χ4v) is 4.66. The van der Waals surface area contributed by atoms with Crippen LogP contribution >= 0.6 is 0 Å². The van der Waals surface area contributed by atoms with E-state index in [0.717, 1.165) is 24.0 Å². The normalized spacial score (nSPS) is 16.1. The van der Waals surface area contributed by atoms with Gasteiger partial charge >= 0.3 is 12.1 Å². The minimum Gasteiger partial charge on any atom is -0.480 e. The lowest BCUT2D eigenvalue weighted by molar-refractivity contribution is -0.142. The van der Waals surface area contributed by atoms with Gasteiger partial charge in [0.2, 0.25) is 5.91 Å². The highest BCUT2D eigenvalue weighted by atomic mass is 16.5. The second-order valence-electron chi connectivity index (χ2n) is 9.32. The number of aliphatic carboxylic acids is 1. The monoisotopic (exact) mass is 464 g/mol. The molecule has 7 heteroatoms. The van der Waals surface area contributed by atoms with Crippen molar-refractivity contribution in [1.82, 2.24) is 10.6 Å². The predicted molar refractivity (Wildman–Crippen MR) is 128 cm³/mol. The summed E-state index contributed by atoms with van der Waals surface area (Å²) in [6.07, 6.45) is 2.86. The van der Waals surface area contributed by atoms with E-state index in [4.69, 9.17) is 4.74 Å². The first kappa shape index (κ1) is 23.8. The summed E-state index contributed by atoms with van der Waals surface area (Å²) in [5, 5.41) is 14.8. The summed E-state index contributed by atoms with van der Waals surface area (Å²) < 4.78 is 5.56. The number of carboxylic acids is 1. The number of ether oxygens (including phenoxy) is 1. The highest BCUT2D eigenvalue weighted by molar-refractivity contribution is 5.83. The van der Waals surface area contributed by atoms with Crippen LogP contribution in [0.15, 0.2) is 48.5 Å². The third-order valence-electron chi connectivity index (χ3n) is 6.83. The molecular weight excluding hydrogens is 432 g/mol. The van der Waals surface area contributed by atoms with Crippen LogP contribution in [0.3, 0.4) is 0 Å². The number of nitrogens with one attached hydrogen (secondary N) is 2. The van der Waals surface area contributed by atoms with Crippen LogP contribution in [0.25, 0.3) is 11.1 Å². The maximum absolute atomic E-state index is 12.4. The summed E-state index contributed by atoms with van der Waals surface area (Å²) in [7, 11) is 0. The summed E-state index contributed by atoms with van der Waals surface area (Å²) >= 11 is 0. The zero-order valence-corrected chi connectivity index (χ0v) is 19.5. The molecule has 2 aromatic rings. The minimum absolute atomic E-state index is 0.00896. The average Bonchev–Trinajstić information content (AvgIpc) is 3.60. The lowest BCUT2D eigenvalue weighted by Crippen LogP contribution is -2.42. The first-order valence-corrected chi connectivity index (χ1v) is 12.1. The number of alkyl carbamates (subject to hydrolysis) is 1. The van der Waals surface area contributed by atoms with E-state index in [1.54, 1.807) is 0 Å². The molecule has 0 aliphatic heterocycles. The highest BCUT2D eigenvalue weighted by Crippen LogP contribution is 2.44. The van der Waals surface area contributed by atoms with E-state index in [9.17, 15) is 19.5 Å². The topological polar surface area (TPSA) is 105 Å². The molecule has 34 heavy (non-hydrogen) atoms. The molecule has 1 saturated carbocycles. The fourth-order valence-electron chi connectivity index (χ4n) is 4.66. The smallest absolute Gasteiger partial charge is 0.407 e. The van der Waals surface area contributed by atoms with Gasteiger partial charge in [-0.1, -0.05) is 74.7 Å². The number of carboxylic acid groups (broad SMARTS) is 1. The van der Waals surface area contributed by atoms with E-state index in [2.05, 4.69) is 34.9 Å². The molecule has 7 nitrogen and oxygen atoms in total. The van der Waals surface area contributed by atoms with Gasteiger partial charge in [-0.25, -0.2) is 9.59 Å². The Morgan fingerprint density at radius 3 is 2.21 bits per heavy atom. The van der Waals surface area contributed by atoms with E-state index in [1.807, 2.05) is 31.2 Å². The molecule has 0 radical (unpaired) electrons. The molecule has 1 fully saturated rings. The molecular formula is C27H32N2O5. The van der Waals surface area contributed by atoms with E-state index in [-0.39, 0.29) is 30.8 Å². The number of rotatable bonds is 11. The quantitative estimate of drug-likeness (QED) is 0.460. The van der Waals surface area contributed by atoms with Gasteiger partial charge in [-0.05, 0) is 40.5 Å². The summed E-state index contributed by atoms with van der Waals surface area (Å²) in [6.45, 7) is 2.47. The predicted octanol–water partition coefficient (Wildman–Crippen LogP) is 4.31. The molecule has 2 amide bonds. The van der Waals surface area contributed by atoms with Gasteiger partial charge in [0.05, 0.1) is 0 Å². The maximum Gasteiger partial charge on any atom is 0.407 e. The van der Waals surface area contributed by atoms with Gasteiger partial charge in [0.1, 0.15) is 12.6 Å². The van der Waals surface area contributed by atoms with Crippen molar-refractivity contribution in [3.05, 3.63) is 59.7 Å². The van der Waals surface area contributed by atoms with Gasteiger partial charge in [-0.2, -0.15) is 0 Å². The molecule has 4 rings (SSSR count). The van der Waals surface area contributed by atoms with Crippen LogP contribution in [0, 0.1) is 11.8 Å². The van der Waals surface area contributed by atoms with Crippen LogP contribution in [-0.2, 0) is 14.3 Å². The molecule has 180 valence electrons. The Balaban J connectivity index is 1.25. The van der Waals surface area contributed by atoms with Crippen molar-refractivity contribution in [1.29, 1.82) is 0 Å². The third-order valence-corrected chi connectivity index (χ3v) is 6.83. The van der Waals surface area contributed by atoms with Crippen molar-refractivity contribution in [3.8, 4) is 11.1 Å². The van der Waals surface area contributed by atoms with E-state index in [1.165, 1.54) is 11.1 Å². The molecule has 2 aromatic carbocycles. The number of hydrogen-bond donors (Lipinski definition) is 3. The van der Waals surface area contributed by atoms with Gasteiger partial charge in [-0.3, -0.25) is 4.79 Å². The van der Waals surface area contributed by atoms with Crippen molar-refractivity contribution in [2.24, 2.45) is 11.8 Å². The Morgan fingerprint density at radius 2 is 1.65 bits per heavy atom. The van der Waals surface area contributed by atoms with Gasteiger partial charge in [0.15, 0.2) is 0 Å². The number of benzene rings is 2. The molecule has 0 aromatic heterocycles. The summed E-state index contributed by atoms with van der Waals surface area (Å²) in [5.41, 5.74) is 4.65. The van der Waals surface area contributed by atoms with Crippen molar-refractivity contribution < 1.29 is 24.2 Å². The molecule has 0 saturated heterocycles. The molecule has 2 aliphatic rings. The summed E-state index contributed by atoms with van der Waals surface area (Å²) in [6, 6.07) is 15.5. The molecule has 2 aliphatic carbocycles. The lowest BCUT2D eigenvalue weighted by Gasteiger charge is -2.19. The Morgan fingerprint density at radius 1 is 1.03 bits per heavy atom. The van der Waals surface area contributed by atoms with E-state index < -0.39 is 18.1 Å². The SMILES string of the molecule is CCC(CNC(=O)OCC1c2ccccc2-c2ccccc21)CC(=O)NC(CC1CC1)C(=O)O. The zero-order chi connectivity index (χ0) is 24.1. The van der Waals surface area contributed by atoms with Crippen molar-refractivity contribution in [3.63, 3.8) is 0 Å². The Bertz CT molecular complexity index is 1000. The first-order valence-electron chi connectivity index (χ1n) is 12.1. The van der Waals surface area contributed by atoms with Gasteiger partial charge in [-0.15, -0.1) is 0 Å². The largest absolute Gasteiger partial charge is 0.480 e. The molecule has 0 heterocycles. The number of carbonyl (C=O) groups excluding carboxylic acids is 2. The van der Waals surface area contributed by atoms with Gasteiger partial charge in [0.25, 0.3) is 0 Å². The highest BCUT2D eigenvalue weighted by Gasteiger charge is 2.31. The maximum atomic E-state index is 12.4. The fraction of sp³-hybridized carbons (Fsp3) is 0.444. The molecule has 0 bridgehead atoms. The summed E-state index contributed by atoms with van der Waals surface area (Å²) in [5.74, 6) is -1.00. The van der Waals surface area contributed by atoms with E-state index in [0.29, 0.717) is 25.3 Å². The van der Waals surface area contributed by atoms with Crippen LogP contribution in [-0.4, -0.2) is 42.3 Å². The molecule has 0 spiro atoms. The number of hydrogen-bond acceptors (Lipinski definition) is 4. The summed E-state index contributed by atoms with van der Waals surface area (Å²) in [4.78, 5) is 36.2. The van der Waals surface area contributed by atoms with Crippen LogP contribution in [0.1, 0.15) is 56.1 Å². The Hall–Kier alpha value is -3.35. The van der Waals surface area contributed by atoms with Gasteiger partial charge < -0.3 is 20.5 Å². The lowest BCUT2D eigenvalue weighted by atomic mass is 9.98. The van der Waals surface area contributed by atoms with Crippen LogP contribution in [0.5, 0.6) is 0 Å². The first-order chi connectivity index (χ1) is 16.5. The molecule has 3 N–H and O–H groups in total. The second kappa shape index (κ2) is 10.7. The number of fused-ring (bicyclic) bond motifs is 3. The molecule has 2 atom stereocenters. The third kappa shape index (κ3) is 5.76. The second-order valence-corrected chi connectivity index (χ2v) is 9.32. The standard InChI is InChI=1S/C27H32N2O5/c1-2-17(14-25(30)29-24(26(31)32)13-18-11-12-18)15-28-27(33)34-16-23-21-9-5-3-7-19(21)20-8-4-6-10-22(20)23/h3-10,17-18,23-24H,2,11-16H2,1H3,(H,28,33)(H,29,30)(H,31,32). The number of amides is 2. The van der Waals surface area contributed by atoms with Crippen LogP contribution in [0.4, 0.5) is 4.79 Å². The van der Waals surface area contributed by atoms with Crippen LogP contribution < -0.4 is 10.6 Å².